The molecule has 2 rings (SSSR count). The Bertz CT molecular complexity index is 566. The highest BCUT2D eigenvalue weighted by atomic mass is 79.9. The van der Waals surface area contributed by atoms with Gasteiger partial charge in [-0.25, -0.2) is 13.2 Å². The summed E-state index contributed by atoms with van der Waals surface area (Å²) in [6, 6.07) is 7.54. The van der Waals surface area contributed by atoms with E-state index in [1.54, 1.807) is 6.07 Å². The van der Waals surface area contributed by atoms with Crippen LogP contribution in [0.15, 0.2) is 40.9 Å². The van der Waals surface area contributed by atoms with Crippen molar-refractivity contribution in [2.24, 2.45) is 0 Å². The van der Waals surface area contributed by atoms with Gasteiger partial charge in [0.1, 0.15) is 5.82 Å². The Kier molecular flexibility index (Phi) is 3.97. The molecule has 0 N–H and O–H groups in total. The van der Waals surface area contributed by atoms with E-state index in [0.717, 1.165) is 12.1 Å². The van der Waals surface area contributed by atoms with Crippen LogP contribution in [0.5, 0.6) is 0 Å². The zero-order valence-corrected chi connectivity index (χ0v) is 11.3. The van der Waals surface area contributed by atoms with Gasteiger partial charge in [0.2, 0.25) is 0 Å². The second-order valence-corrected chi connectivity index (χ2v) is 5.09. The molecule has 18 heavy (non-hydrogen) atoms. The minimum Gasteiger partial charge on any atom is -0.207 e. The van der Waals surface area contributed by atoms with Crippen LogP contribution >= 0.6 is 27.5 Å². The Balaban J connectivity index is 2.40. The quantitative estimate of drug-likeness (QED) is 0.662. The van der Waals surface area contributed by atoms with Crippen molar-refractivity contribution in [1.29, 1.82) is 0 Å². The van der Waals surface area contributed by atoms with Crippen LogP contribution in [0.3, 0.4) is 0 Å². The van der Waals surface area contributed by atoms with Gasteiger partial charge in [0.25, 0.3) is 0 Å². The zero-order valence-electron chi connectivity index (χ0n) is 8.93. The van der Waals surface area contributed by atoms with Gasteiger partial charge in [-0.3, -0.25) is 0 Å². The molecular formula is C13H7BrClF3. The Morgan fingerprint density at radius 1 is 0.889 bits per heavy atom. The highest BCUT2D eigenvalue weighted by Gasteiger charge is 2.14. The number of hydrogen-bond acceptors (Lipinski definition) is 0. The molecule has 1 atom stereocenters. The molecule has 0 spiro atoms. The van der Waals surface area contributed by atoms with Crippen molar-refractivity contribution >= 4 is 27.5 Å². The molecule has 0 saturated heterocycles. The molecule has 0 radical (unpaired) electrons. The molecule has 2 aromatic carbocycles. The minimum atomic E-state index is -0.978. The lowest BCUT2D eigenvalue weighted by atomic mass is 10.0. The summed E-state index contributed by atoms with van der Waals surface area (Å²) in [5.41, 5.74) is 0.836. The average molecular weight is 336 g/mol. The van der Waals surface area contributed by atoms with E-state index in [0.29, 0.717) is 15.6 Å². The number of halogens is 5. The first kappa shape index (κ1) is 13.4. The van der Waals surface area contributed by atoms with E-state index in [1.165, 1.54) is 18.2 Å². The SMILES string of the molecule is Fc1cc(Br)cc(C(Cl)c2ccc(F)c(F)c2)c1. The lowest BCUT2D eigenvalue weighted by molar-refractivity contribution is 0.507. The van der Waals surface area contributed by atoms with Gasteiger partial charge >= 0.3 is 0 Å². The lowest BCUT2D eigenvalue weighted by Gasteiger charge is -2.11. The largest absolute Gasteiger partial charge is 0.207 e. The van der Waals surface area contributed by atoms with Crippen LogP contribution in [0.4, 0.5) is 13.2 Å². The third-order valence-corrected chi connectivity index (χ3v) is 3.38. The second kappa shape index (κ2) is 5.33. The highest BCUT2D eigenvalue weighted by molar-refractivity contribution is 9.10. The highest BCUT2D eigenvalue weighted by Crippen LogP contribution is 2.31. The fraction of sp³-hybridized carbons (Fsp3) is 0.0769. The van der Waals surface area contributed by atoms with E-state index in [2.05, 4.69) is 15.9 Å². The molecule has 0 fully saturated rings. The smallest absolute Gasteiger partial charge is 0.159 e. The molecule has 0 amide bonds. The molecule has 0 heterocycles. The summed E-state index contributed by atoms with van der Waals surface area (Å²) in [5, 5.41) is -0.743. The molecule has 94 valence electrons. The Labute approximate surface area is 116 Å². The Morgan fingerprint density at radius 2 is 1.61 bits per heavy atom. The number of rotatable bonds is 2. The molecule has 0 bridgehead atoms. The van der Waals surface area contributed by atoms with Gasteiger partial charge in [-0.05, 0) is 41.5 Å². The summed E-state index contributed by atoms with van der Waals surface area (Å²) in [5.74, 6) is -2.37. The Hall–Kier alpha value is -1.00. The first-order valence-corrected chi connectivity index (χ1v) is 6.25. The molecule has 0 aliphatic carbocycles. The maximum absolute atomic E-state index is 13.2. The van der Waals surface area contributed by atoms with Crippen LogP contribution in [0.2, 0.25) is 0 Å². The number of alkyl halides is 1. The summed E-state index contributed by atoms with van der Waals surface area (Å²) in [6.07, 6.45) is 0. The van der Waals surface area contributed by atoms with Crippen LogP contribution < -0.4 is 0 Å². The van der Waals surface area contributed by atoms with Crippen LogP contribution in [-0.4, -0.2) is 0 Å². The van der Waals surface area contributed by atoms with Crippen molar-refractivity contribution in [3.63, 3.8) is 0 Å². The van der Waals surface area contributed by atoms with E-state index in [4.69, 9.17) is 11.6 Å². The van der Waals surface area contributed by atoms with Crippen molar-refractivity contribution in [1.82, 2.24) is 0 Å². The second-order valence-electron chi connectivity index (χ2n) is 3.74. The van der Waals surface area contributed by atoms with Gasteiger partial charge in [0.15, 0.2) is 11.6 Å². The maximum Gasteiger partial charge on any atom is 0.159 e. The third-order valence-electron chi connectivity index (χ3n) is 2.41. The fourth-order valence-electron chi connectivity index (χ4n) is 1.58. The molecule has 1 unspecified atom stereocenters. The summed E-state index contributed by atoms with van der Waals surface area (Å²) in [7, 11) is 0. The summed E-state index contributed by atoms with van der Waals surface area (Å²) >= 11 is 9.27. The number of benzene rings is 2. The van der Waals surface area contributed by atoms with Crippen molar-refractivity contribution < 1.29 is 13.2 Å². The summed E-state index contributed by atoms with van der Waals surface area (Å²) in [4.78, 5) is 0. The third kappa shape index (κ3) is 2.87. The van der Waals surface area contributed by atoms with E-state index in [9.17, 15) is 13.2 Å². The molecule has 5 heteroatoms. The van der Waals surface area contributed by atoms with Gasteiger partial charge in [0.05, 0.1) is 5.38 Å². The van der Waals surface area contributed by atoms with Crippen molar-refractivity contribution in [3.05, 3.63) is 69.4 Å². The molecule has 0 saturated carbocycles. The van der Waals surface area contributed by atoms with E-state index in [-0.39, 0.29) is 0 Å². The monoisotopic (exact) mass is 334 g/mol. The maximum atomic E-state index is 13.2. The molecular weight excluding hydrogens is 328 g/mol. The molecule has 0 aliphatic heterocycles. The fourth-order valence-corrected chi connectivity index (χ4v) is 2.33. The molecule has 0 aliphatic rings. The first-order valence-electron chi connectivity index (χ1n) is 5.02. The van der Waals surface area contributed by atoms with Gasteiger partial charge in [-0.15, -0.1) is 11.6 Å². The summed E-state index contributed by atoms with van der Waals surface area (Å²) in [6.45, 7) is 0. The van der Waals surface area contributed by atoms with Crippen LogP contribution in [0.1, 0.15) is 16.5 Å². The molecule has 0 nitrogen and oxygen atoms in total. The number of hydrogen-bond donors (Lipinski definition) is 0. The normalized spacial score (nSPS) is 12.5. The van der Waals surface area contributed by atoms with Crippen LogP contribution in [0.25, 0.3) is 0 Å². The predicted octanol–water partition coefficient (Wildman–Crippen LogP) is 5.19. The van der Waals surface area contributed by atoms with Crippen LogP contribution in [-0.2, 0) is 0 Å². The molecule has 0 aromatic heterocycles. The zero-order chi connectivity index (χ0) is 13.3. The van der Waals surface area contributed by atoms with Gasteiger partial charge in [-0.1, -0.05) is 22.0 Å². The van der Waals surface area contributed by atoms with Gasteiger partial charge in [-0.2, -0.15) is 0 Å². The Morgan fingerprint density at radius 3 is 2.22 bits per heavy atom. The minimum absolute atomic E-state index is 0.369. The van der Waals surface area contributed by atoms with Gasteiger partial charge in [0, 0.05) is 4.47 Å². The van der Waals surface area contributed by atoms with Crippen molar-refractivity contribution in [2.45, 2.75) is 5.38 Å². The first-order chi connectivity index (χ1) is 8.47. The molecule has 2 aromatic rings. The van der Waals surface area contributed by atoms with Gasteiger partial charge < -0.3 is 0 Å². The average Bonchev–Trinajstić information content (AvgIpc) is 2.30. The van der Waals surface area contributed by atoms with E-state index in [1.807, 2.05) is 0 Å². The van der Waals surface area contributed by atoms with Crippen molar-refractivity contribution in [3.8, 4) is 0 Å². The van der Waals surface area contributed by atoms with E-state index >= 15 is 0 Å². The van der Waals surface area contributed by atoms with Crippen LogP contribution in [0, 0.1) is 17.5 Å². The standard InChI is InChI=1S/C13H7BrClF3/c14-9-3-8(4-10(16)6-9)13(15)7-1-2-11(17)12(18)5-7/h1-6,13H. The lowest BCUT2D eigenvalue weighted by Crippen LogP contribution is -1.96. The van der Waals surface area contributed by atoms with Crippen molar-refractivity contribution in [2.75, 3.05) is 0 Å². The topological polar surface area (TPSA) is 0 Å². The summed E-state index contributed by atoms with van der Waals surface area (Å²) < 4.78 is 39.7. The van der Waals surface area contributed by atoms with E-state index < -0.39 is 22.8 Å². The predicted molar refractivity (Wildman–Crippen MR) is 68.2 cm³/mol.